The Hall–Kier alpha value is -3.41. The van der Waals surface area contributed by atoms with E-state index in [-0.39, 0.29) is 11.7 Å². The minimum absolute atomic E-state index is 0.129. The molecule has 32 heavy (non-hydrogen) atoms. The lowest BCUT2D eigenvalue weighted by Gasteiger charge is -2.20. The van der Waals surface area contributed by atoms with Gasteiger partial charge in [0.15, 0.2) is 0 Å². The molecule has 0 radical (unpaired) electrons. The van der Waals surface area contributed by atoms with Gasteiger partial charge in [-0.1, -0.05) is 12.1 Å². The second kappa shape index (κ2) is 8.61. The Balaban J connectivity index is 1.38. The van der Waals surface area contributed by atoms with Crippen molar-refractivity contribution in [2.24, 2.45) is 0 Å². The molecule has 6 heteroatoms. The van der Waals surface area contributed by atoms with E-state index in [1.165, 1.54) is 0 Å². The van der Waals surface area contributed by atoms with Gasteiger partial charge in [0.2, 0.25) is 5.91 Å². The third kappa shape index (κ3) is 4.31. The number of aromatic nitrogens is 2. The molecule has 1 saturated carbocycles. The van der Waals surface area contributed by atoms with E-state index >= 15 is 0 Å². The molecule has 2 aromatic carbocycles. The molecule has 1 aliphatic carbocycles. The monoisotopic (exact) mass is 429 g/mol. The van der Waals surface area contributed by atoms with Crippen LogP contribution in [0.3, 0.4) is 0 Å². The van der Waals surface area contributed by atoms with Crippen molar-refractivity contribution in [2.45, 2.75) is 38.0 Å². The number of aromatic hydroxyl groups is 1. The fourth-order valence-electron chi connectivity index (χ4n) is 4.28. The molecule has 6 nitrogen and oxygen atoms in total. The van der Waals surface area contributed by atoms with Crippen molar-refractivity contribution in [1.82, 2.24) is 14.9 Å². The molecule has 0 atom stereocenters. The normalized spacial score (nSPS) is 15.7. The average molecular weight is 430 g/mol. The van der Waals surface area contributed by atoms with Gasteiger partial charge >= 0.3 is 0 Å². The summed E-state index contributed by atoms with van der Waals surface area (Å²) in [6.07, 6.45) is 4.12. The number of amides is 1. The van der Waals surface area contributed by atoms with Crippen molar-refractivity contribution in [3.8, 4) is 22.8 Å². The molecule has 2 aliphatic rings. The van der Waals surface area contributed by atoms with Crippen molar-refractivity contribution >= 4 is 5.91 Å². The van der Waals surface area contributed by atoms with Gasteiger partial charge in [-0.25, -0.2) is 9.97 Å². The minimum atomic E-state index is 0.129. The van der Waals surface area contributed by atoms with Gasteiger partial charge in [0.05, 0.1) is 19.2 Å². The van der Waals surface area contributed by atoms with E-state index in [1.807, 2.05) is 41.3 Å². The van der Waals surface area contributed by atoms with Crippen LogP contribution in [0.25, 0.3) is 11.3 Å². The van der Waals surface area contributed by atoms with Gasteiger partial charge in [-0.05, 0) is 61.2 Å². The Kier molecular flexibility index (Phi) is 5.52. The molecule has 1 aliphatic heterocycles. The van der Waals surface area contributed by atoms with Crippen LogP contribution in [0.5, 0.6) is 11.5 Å². The average Bonchev–Trinajstić information content (AvgIpc) is 3.66. The molecule has 1 aromatic heterocycles. The summed E-state index contributed by atoms with van der Waals surface area (Å²) < 4.78 is 5.21. The zero-order valence-electron chi connectivity index (χ0n) is 18.3. The first-order valence-corrected chi connectivity index (χ1v) is 11.2. The summed E-state index contributed by atoms with van der Waals surface area (Å²) in [6, 6.07) is 14.9. The SMILES string of the molecule is COc1ccc(CC(=O)N2CCc3nc(C4CC4)nc(-c4ccc(O)cc4)c3CC2)cc1. The maximum atomic E-state index is 13.0. The molecule has 5 rings (SSSR count). The van der Waals surface area contributed by atoms with E-state index < -0.39 is 0 Å². The predicted octanol–water partition coefficient (Wildman–Crippen LogP) is 3.91. The van der Waals surface area contributed by atoms with Gasteiger partial charge in [-0.3, -0.25) is 4.79 Å². The van der Waals surface area contributed by atoms with E-state index in [2.05, 4.69) is 0 Å². The fraction of sp³-hybridized carbons (Fsp3) is 0.346. The number of methoxy groups -OCH3 is 1. The molecule has 1 fully saturated rings. The number of hydrogen-bond donors (Lipinski definition) is 1. The van der Waals surface area contributed by atoms with Crippen LogP contribution in [0.4, 0.5) is 0 Å². The summed E-state index contributed by atoms with van der Waals surface area (Å²) in [5.74, 6) is 2.53. The molecule has 0 saturated heterocycles. The molecule has 3 aromatic rings. The first kappa shape index (κ1) is 20.5. The number of rotatable bonds is 5. The number of phenols is 1. The smallest absolute Gasteiger partial charge is 0.227 e. The number of phenolic OH excluding ortho intramolecular Hbond substituents is 1. The van der Waals surface area contributed by atoms with Crippen molar-refractivity contribution in [1.29, 1.82) is 0 Å². The molecule has 2 heterocycles. The second-order valence-electron chi connectivity index (χ2n) is 8.58. The predicted molar refractivity (Wildman–Crippen MR) is 122 cm³/mol. The molecular formula is C26H27N3O3. The zero-order valence-corrected chi connectivity index (χ0v) is 18.3. The lowest BCUT2D eigenvalue weighted by molar-refractivity contribution is -0.130. The minimum Gasteiger partial charge on any atom is -0.508 e. The summed E-state index contributed by atoms with van der Waals surface area (Å²) in [5.41, 5.74) is 5.10. The Morgan fingerprint density at radius 2 is 1.75 bits per heavy atom. The van der Waals surface area contributed by atoms with E-state index in [0.29, 0.717) is 25.4 Å². The van der Waals surface area contributed by atoms with Gasteiger partial charge in [0.1, 0.15) is 17.3 Å². The molecular weight excluding hydrogens is 402 g/mol. The summed E-state index contributed by atoms with van der Waals surface area (Å²) in [7, 11) is 1.64. The van der Waals surface area contributed by atoms with E-state index in [1.54, 1.807) is 19.2 Å². The van der Waals surface area contributed by atoms with Crippen LogP contribution in [0, 0.1) is 0 Å². The first-order chi connectivity index (χ1) is 15.6. The number of hydrogen-bond acceptors (Lipinski definition) is 5. The third-order valence-corrected chi connectivity index (χ3v) is 6.31. The highest BCUT2D eigenvalue weighted by Gasteiger charge is 2.30. The molecule has 0 spiro atoms. The van der Waals surface area contributed by atoms with Crippen molar-refractivity contribution in [3.05, 3.63) is 71.2 Å². The quantitative estimate of drug-likeness (QED) is 0.666. The lowest BCUT2D eigenvalue weighted by atomic mass is 10.0. The Morgan fingerprint density at radius 1 is 1.03 bits per heavy atom. The highest BCUT2D eigenvalue weighted by Crippen LogP contribution is 2.40. The van der Waals surface area contributed by atoms with Gasteiger partial charge in [-0.15, -0.1) is 0 Å². The Morgan fingerprint density at radius 3 is 2.44 bits per heavy atom. The topological polar surface area (TPSA) is 75.5 Å². The molecule has 164 valence electrons. The maximum absolute atomic E-state index is 13.0. The van der Waals surface area contributed by atoms with Gasteiger partial charge < -0.3 is 14.7 Å². The third-order valence-electron chi connectivity index (χ3n) is 6.31. The number of nitrogens with zero attached hydrogens (tertiary/aromatic N) is 3. The fourth-order valence-corrected chi connectivity index (χ4v) is 4.28. The van der Waals surface area contributed by atoms with Crippen LogP contribution in [0.15, 0.2) is 48.5 Å². The highest BCUT2D eigenvalue weighted by molar-refractivity contribution is 5.79. The largest absolute Gasteiger partial charge is 0.508 e. The number of benzene rings is 2. The highest BCUT2D eigenvalue weighted by atomic mass is 16.5. The van der Waals surface area contributed by atoms with Gasteiger partial charge in [0, 0.05) is 42.2 Å². The standard InChI is InChI=1S/C26H27N3O3/c1-32-21-10-2-17(3-11-21)16-24(31)29-14-12-22-23(13-15-29)27-26(19-4-5-19)28-25(22)18-6-8-20(30)9-7-18/h2-3,6-11,19,30H,4-5,12-16H2,1H3. The molecule has 1 N–H and O–H groups in total. The van der Waals surface area contributed by atoms with E-state index in [9.17, 15) is 9.90 Å². The summed E-state index contributed by atoms with van der Waals surface area (Å²) in [5, 5.41) is 9.70. The van der Waals surface area contributed by atoms with E-state index in [0.717, 1.165) is 65.3 Å². The Bertz CT molecular complexity index is 1120. The van der Waals surface area contributed by atoms with Crippen molar-refractivity contribution < 1.29 is 14.6 Å². The van der Waals surface area contributed by atoms with E-state index in [4.69, 9.17) is 14.7 Å². The van der Waals surface area contributed by atoms with Crippen LogP contribution in [-0.2, 0) is 24.1 Å². The molecule has 1 amide bonds. The Labute approximate surface area is 187 Å². The van der Waals surface area contributed by atoms with Crippen molar-refractivity contribution in [3.63, 3.8) is 0 Å². The number of carbonyl (C=O) groups excluding carboxylic acids is 1. The van der Waals surface area contributed by atoms with Crippen LogP contribution in [-0.4, -0.2) is 46.1 Å². The lowest BCUT2D eigenvalue weighted by Crippen LogP contribution is -2.34. The van der Waals surface area contributed by atoms with Crippen LogP contribution >= 0.6 is 0 Å². The molecule has 0 bridgehead atoms. The van der Waals surface area contributed by atoms with Gasteiger partial charge in [-0.2, -0.15) is 0 Å². The number of fused-ring (bicyclic) bond motifs is 1. The van der Waals surface area contributed by atoms with Crippen LogP contribution in [0.1, 0.15) is 41.4 Å². The van der Waals surface area contributed by atoms with Crippen molar-refractivity contribution in [2.75, 3.05) is 20.2 Å². The zero-order chi connectivity index (χ0) is 22.1. The summed E-state index contributed by atoms with van der Waals surface area (Å²) in [6.45, 7) is 1.32. The van der Waals surface area contributed by atoms with Crippen LogP contribution < -0.4 is 4.74 Å². The first-order valence-electron chi connectivity index (χ1n) is 11.2. The van der Waals surface area contributed by atoms with Gasteiger partial charge in [0.25, 0.3) is 0 Å². The summed E-state index contributed by atoms with van der Waals surface area (Å²) >= 11 is 0. The maximum Gasteiger partial charge on any atom is 0.227 e. The second-order valence-corrected chi connectivity index (χ2v) is 8.58. The number of ether oxygens (including phenoxy) is 1. The number of carbonyl (C=O) groups is 1. The molecule has 0 unspecified atom stereocenters. The summed E-state index contributed by atoms with van der Waals surface area (Å²) in [4.78, 5) is 24.8. The van der Waals surface area contributed by atoms with Crippen LogP contribution in [0.2, 0.25) is 0 Å².